The van der Waals surface area contributed by atoms with E-state index in [1.54, 1.807) is 18.0 Å². The molecule has 4 rings (SSSR count). The molecule has 31 heavy (non-hydrogen) atoms. The second kappa shape index (κ2) is 8.57. The first kappa shape index (κ1) is 20.5. The van der Waals surface area contributed by atoms with Crippen molar-refractivity contribution in [2.45, 2.75) is 6.54 Å². The van der Waals surface area contributed by atoms with Gasteiger partial charge in [-0.05, 0) is 42.5 Å². The Kier molecular flexibility index (Phi) is 5.68. The molecule has 0 aliphatic carbocycles. The van der Waals surface area contributed by atoms with Gasteiger partial charge in [-0.1, -0.05) is 11.6 Å². The fourth-order valence-electron chi connectivity index (χ4n) is 2.90. The van der Waals surface area contributed by atoms with Gasteiger partial charge in [0.15, 0.2) is 5.82 Å². The first-order valence-electron chi connectivity index (χ1n) is 9.12. The van der Waals surface area contributed by atoms with Crippen molar-refractivity contribution in [1.82, 2.24) is 19.6 Å². The minimum atomic E-state index is -0.921. The Morgan fingerprint density at radius 3 is 2.61 bits per heavy atom. The highest BCUT2D eigenvalue weighted by Crippen LogP contribution is 2.20. The Morgan fingerprint density at radius 2 is 1.90 bits per heavy atom. The van der Waals surface area contributed by atoms with E-state index in [4.69, 9.17) is 16.3 Å². The zero-order valence-corrected chi connectivity index (χ0v) is 17.0. The molecule has 0 amide bonds. The molecule has 10 heteroatoms. The summed E-state index contributed by atoms with van der Waals surface area (Å²) in [7, 11) is 1.60. The smallest absolute Gasteiger partial charge is 0.292 e. The van der Waals surface area contributed by atoms with Crippen LogP contribution in [0.15, 0.2) is 65.7 Å². The van der Waals surface area contributed by atoms with E-state index in [9.17, 15) is 13.6 Å². The molecule has 0 saturated carbocycles. The van der Waals surface area contributed by atoms with Crippen molar-refractivity contribution in [3.05, 3.63) is 93.6 Å². The Morgan fingerprint density at radius 1 is 1.13 bits per heavy atom. The van der Waals surface area contributed by atoms with Crippen LogP contribution in [0.1, 0.15) is 5.69 Å². The molecule has 0 fully saturated rings. The van der Waals surface area contributed by atoms with E-state index in [0.29, 0.717) is 11.8 Å². The summed E-state index contributed by atoms with van der Waals surface area (Å²) in [5, 5.41) is 11.2. The number of benzene rings is 2. The van der Waals surface area contributed by atoms with Crippen LogP contribution in [0.4, 0.5) is 14.5 Å². The average molecular weight is 444 g/mol. The lowest BCUT2D eigenvalue weighted by Gasteiger charge is -2.10. The summed E-state index contributed by atoms with van der Waals surface area (Å²) >= 11 is 6.16. The number of nitrogens with zero attached hydrogens (tertiary/aromatic N) is 4. The fraction of sp³-hybridized carbons (Fsp3) is 0.0952. The Hall–Kier alpha value is -3.72. The fourth-order valence-corrected chi connectivity index (χ4v) is 3.10. The Bertz CT molecular complexity index is 1290. The lowest BCUT2D eigenvalue weighted by atomic mass is 10.3. The normalized spacial score (nSPS) is 10.8. The van der Waals surface area contributed by atoms with Gasteiger partial charge in [0.1, 0.15) is 22.3 Å². The molecule has 4 aromatic rings. The van der Waals surface area contributed by atoms with E-state index in [0.717, 1.165) is 28.3 Å². The second-order valence-corrected chi connectivity index (χ2v) is 6.87. The summed E-state index contributed by atoms with van der Waals surface area (Å²) in [4.78, 5) is 12.5. The van der Waals surface area contributed by atoms with E-state index in [1.165, 1.54) is 6.20 Å². The van der Waals surface area contributed by atoms with Crippen molar-refractivity contribution in [2.24, 2.45) is 0 Å². The molecule has 158 valence electrons. The summed E-state index contributed by atoms with van der Waals surface area (Å²) < 4.78 is 34.7. The van der Waals surface area contributed by atoms with Gasteiger partial charge in [-0.25, -0.2) is 13.5 Å². The van der Waals surface area contributed by atoms with Crippen LogP contribution in [-0.4, -0.2) is 26.7 Å². The van der Waals surface area contributed by atoms with Crippen LogP contribution in [0.5, 0.6) is 5.75 Å². The predicted octanol–water partition coefficient (Wildman–Crippen LogP) is 3.97. The van der Waals surface area contributed by atoms with Gasteiger partial charge in [-0.3, -0.25) is 4.79 Å². The molecule has 0 radical (unpaired) electrons. The number of hydrogen-bond acceptors (Lipinski definition) is 5. The number of nitrogens with one attached hydrogen (secondary N) is 1. The van der Waals surface area contributed by atoms with Crippen LogP contribution >= 0.6 is 11.6 Å². The summed E-state index contributed by atoms with van der Waals surface area (Å²) in [5.41, 5.74) is 0.889. The SMILES string of the molecule is COc1ccc(-n2ccc(CNc3cnn(-c4ccc(F)cc4F)c(=O)c3Cl)n2)cc1. The first-order chi connectivity index (χ1) is 15.0. The number of rotatable bonds is 6. The molecule has 0 saturated heterocycles. The van der Waals surface area contributed by atoms with Crippen molar-refractivity contribution in [2.75, 3.05) is 12.4 Å². The van der Waals surface area contributed by atoms with Gasteiger partial charge in [0.05, 0.1) is 36.9 Å². The largest absolute Gasteiger partial charge is 0.497 e. The van der Waals surface area contributed by atoms with E-state index in [1.807, 2.05) is 30.3 Å². The molecule has 2 aromatic heterocycles. The monoisotopic (exact) mass is 443 g/mol. The lowest BCUT2D eigenvalue weighted by Crippen LogP contribution is -2.23. The van der Waals surface area contributed by atoms with Gasteiger partial charge in [-0.15, -0.1) is 0 Å². The number of anilines is 1. The highest BCUT2D eigenvalue weighted by atomic mass is 35.5. The molecule has 0 bridgehead atoms. The van der Waals surface area contributed by atoms with E-state index in [2.05, 4.69) is 15.5 Å². The van der Waals surface area contributed by atoms with Crippen molar-refractivity contribution in [1.29, 1.82) is 0 Å². The van der Waals surface area contributed by atoms with Crippen molar-refractivity contribution < 1.29 is 13.5 Å². The van der Waals surface area contributed by atoms with Crippen molar-refractivity contribution in [3.8, 4) is 17.1 Å². The molecule has 0 unspecified atom stereocenters. The number of methoxy groups -OCH3 is 1. The van der Waals surface area contributed by atoms with Crippen LogP contribution in [0.2, 0.25) is 5.02 Å². The standard InChI is InChI=1S/C21H16ClF2N5O2/c1-31-16-5-3-15(4-6-16)28-9-8-14(27-28)11-25-18-12-26-29(21(30)20(18)22)19-7-2-13(23)10-17(19)24/h2-10,12,25H,11H2,1H3. The van der Waals surface area contributed by atoms with E-state index in [-0.39, 0.29) is 22.9 Å². The van der Waals surface area contributed by atoms with Crippen LogP contribution < -0.4 is 15.6 Å². The highest BCUT2D eigenvalue weighted by Gasteiger charge is 2.14. The molecular formula is C21H16ClF2N5O2. The lowest BCUT2D eigenvalue weighted by molar-refractivity contribution is 0.414. The van der Waals surface area contributed by atoms with E-state index >= 15 is 0 Å². The third kappa shape index (κ3) is 4.26. The van der Waals surface area contributed by atoms with Crippen molar-refractivity contribution in [3.63, 3.8) is 0 Å². The van der Waals surface area contributed by atoms with Crippen LogP contribution in [0, 0.1) is 11.6 Å². The molecular weight excluding hydrogens is 428 g/mol. The zero-order valence-electron chi connectivity index (χ0n) is 16.2. The van der Waals surface area contributed by atoms with Gasteiger partial charge in [0.2, 0.25) is 0 Å². The second-order valence-electron chi connectivity index (χ2n) is 6.49. The summed E-state index contributed by atoms with van der Waals surface area (Å²) in [6.45, 7) is 0.277. The molecule has 0 atom stereocenters. The number of hydrogen-bond donors (Lipinski definition) is 1. The Labute approximate surface area is 180 Å². The van der Waals surface area contributed by atoms with Crippen LogP contribution in [-0.2, 0) is 6.54 Å². The molecule has 1 N–H and O–H groups in total. The maximum atomic E-state index is 14.0. The van der Waals surface area contributed by atoms with Gasteiger partial charge in [0, 0.05) is 12.3 Å². The van der Waals surface area contributed by atoms with Crippen LogP contribution in [0.3, 0.4) is 0 Å². The number of halogens is 3. The topological polar surface area (TPSA) is 74.0 Å². The third-order valence-corrected chi connectivity index (χ3v) is 4.86. The average Bonchev–Trinajstić information content (AvgIpc) is 3.24. The number of aromatic nitrogens is 4. The van der Waals surface area contributed by atoms with Gasteiger partial charge in [-0.2, -0.15) is 14.9 Å². The summed E-state index contributed by atoms with van der Waals surface area (Å²) in [5.74, 6) is -0.932. The van der Waals surface area contributed by atoms with Crippen LogP contribution in [0.25, 0.3) is 11.4 Å². The van der Waals surface area contributed by atoms with Gasteiger partial charge in [0.25, 0.3) is 5.56 Å². The minimum Gasteiger partial charge on any atom is -0.497 e. The number of ether oxygens (including phenoxy) is 1. The first-order valence-corrected chi connectivity index (χ1v) is 9.50. The summed E-state index contributed by atoms with van der Waals surface area (Å²) in [6, 6.07) is 12.0. The predicted molar refractivity (Wildman–Crippen MR) is 112 cm³/mol. The molecule has 2 aromatic carbocycles. The quantitative estimate of drug-likeness (QED) is 0.488. The van der Waals surface area contributed by atoms with E-state index < -0.39 is 17.2 Å². The Balaban J connectivity index is 1.51. The minimum absolute atomic E-state index is 0.173. The zero-order chi connectivity index (χ0) is 22.0. The molecule has 0 aliphatic heterocycles. The van der Waals surface area contributed by atoms with Gasteiger partial charge < -0.3 is 10.1 Å². The highest BCUT2D eigenvalue weighted by molar-refractivity contribution is 6.32. The third-order valence-electron chi connectivity index (χ3n) is 4.50. The molecule has 0 aliphatic rings. The molecule has 7 nitrogen and oxygen atoms in total. The van der Waals surface area contributed by atoms with Crippen molar-refractivity contribution >= 4 is 17.3 Å². The summed E-state index contributed by atoms with van der Waals surface area (Å²) in [6.07, 6.45) is 3.10. The maximum absolute atomic E-state index is 14.0. The van der Waals surface area contributed by atoms with Gasteiger partial charge >= 0.3 is 0 Å². The molecule has 2 heterocycles. The molecule has 0 spiro atoms. The maximum Gasteiger partial charge on any atom is 0.292 e.